The number of aliphatic hydroxyl groups is 3. The van der Waals surface area contributed by atoms with Crippen LogP contribution >= 0.6 is 11.8 Å². The second kappa shape index (κ2) is 10.4. The highest BCUT2D eigenvalue weighted by atomic mass is 32.2. The summed E-state index contributed by atoms with van der Waals surface area (Å²) in [6.45, 7) is 4.28. The molecule has 42 heavy (non-hydrogen) atoms. The summed E-state index contributed by atoms with van der Waals surface area (Å²) in [6.07, 6.45) is -1.49. The van der Waals surface area contributed by atoms with Crippen molar-refractivity contribution in [1.29, 1.82) is 0 Å². The summed E-state index contributed by atoms with van der Waals surface area (Å²) in [5, 5.41) is 45.8. The van der Waals surface area contributed by atoms with Crippen molar-refractivity contribution in [2.45, 2.75) is 43.9 Å². The third-order valence-corrected chi connectivity index (χ3v) is 10.3. The van der Waals surface area contributed by atoms with Crippen LogP contribution in [0.15, 0.2) is 35.1 Å². The molecule has 0 spiro atoms. The van der Waals surface area contributed by atoms with E-state index >= 15 is 0 Å². The van der Waals surface area contributed by atoms with Crippen LogP contribution in [0.5, 0.6) is 5.75 Å². The minimum atomic E-state index is -3.02. The Bertz CT molecular complexity index is 1450. The number of aliphatic hydroxyl groups excluding tert-OH is 2. The molecule has 1 saturated heterocycles. The molecule has 1 heterocycles. The van der Waals surface area contributed by atoms with Gasteiger partial charge in [0.05, 0.1) is 23.4 Å². The minimum absolute atomic E-state index is 0.0298. The van der Waals surface area contributed by atoms with Gasteiger partial charge in [0.1, 0.15) is 28.9 Å². The van der Waals surface area contributed by atoms with E-state index in [1.54, 1.807) is 30.8 Å². The predicted octanol–water partition coefficient (Wildman–Crippen LogP) is 0.833. The summed E-state index contributed by atoms with van der Waals surface area (Å²) < 4.78 is 6.12. The molecule has 2 fully saturated rings. The van der Waals surface area contributed by atoms with Crippen LogP contribution in [-0.2, 0) is 23.9 Å². The van der Waals surface area contributed by atoms with Gasteiger partial charge in [0.2, 0.25) is 5.78 Å². The molecule has 6 N–H and O–H groups in total. The van der Waals surface area contributed by atoms with Gasteiger partial charge in [-0.25, -0.2) is 0 Å². The number of benzene rings is 1. The zero-order valence-electron chi connectivity index (χ0n) is 23.8. The van der Waals surface area contributed by atoms with Gasteiger partial charge in [-0.2, -0.15) is 0 Å². The Balaban J connectivity index is 1.76. The van der Waals surface area contributed by atoms with E-state index in [0.717, 1.165) is 18.2 Å². The van der Waals surface area contributed by atoms with E-state index < -0.39 is 81.1 Å². The molecular formula is C29H35N3O9S. The summed E-state index contributed by atoms with van der Waals surface area (Å²) in [4.78, 5) is 57.5. The number of thioether (sulfide) groups is 1. The van der Waals surface area contributed by atoms with E-state index in [0.29, 0.717) is 12.1 Å². The molecule has 1 amide bonds. The summed E-state index contributed by atoms with van der Waals surface area (Å²) in [6, 6.07) is 3.09. The zero-order chi connectivity index (χ0) is 30.9. The van der Waals surface area contributed by atoms with Gasteiger partial charge in [-0.15, -0.1) is 11.8 Å². The predicted molar refractivity (Wildman–Crippen MR) is 152 cm³/mol. The van der Waals surface area contributed by atoms with Gasteiger partial charge in [-0.05, 0) is 31.6 Å². The summed E-state index contributed by atoms with van der Waals surface area (Å²) in [5.74, 6) is -6.48. The molecule has 13 heteroatoms. The number of fused-ring (bicyclic) bond motifs is 3. The monoisotopic (exact) mass is 601 g/mol. The molecule has 226 valence electrons. The Morgan fingerprint density at radius 3 is 2.50 bits per heavy atom. The lowest BCUT2D eigenvalue weighted by atomic mass is 9.47. The maximum Gasteiger partial charge on any atom is 0.307 e. The molecule has 0 radical (unpaired) electrons. The van der Waals surface area contributed by atoms with Crippen LogP contribution < -0.4 is 5.73 Å². The molecule has 3 aliphatic carbocycles. The fourth-order valence-corrected chi connectivity index (χ4v) is 8.36. The number of aromatic hydroxyl groups is 1. The quantitative estimate of drug-likeness (QED) is 0.228. The first kappa shape index (κ1) is 30.1. The van der Waals surface area contributed by atoms with Gasteiger partial charge >= 0.3 is 5.97 Å². The molecule has 0 aromatic heterocycles. The average Bonchev–Trinajstić information content (AvgIpc) is 3.43. The fraction of sp³-hybridized carbons (Fsp3) is 0.517. The number of esters is 1. The van der Waals surface area contributed by atoms with Crippen molar-refractivity contribution in [2.75, 3.05) is 38.8 Å². The molecule has 4 aliphatic rings. The second-order valence-electron chi connectivity index (χ2n) is 11.8. The van der Waals surface area contributed by atoms with Gasteiger partial charge in [0, 0.05) is 36.2 Å². The lowest BCUT2D eigenvalue weighted by molar-refractivity contribution is -0.212. The van der Waals surface area contributed by atoms with E-state index in [9.17, 15) is 39.6 Å². The number of nitrogens with two attached hydrogens (primary N) is 1. The van der Waals surface area contributed by atoms with Crippen molar-refractivity contribution in [3.63, 3.8) is 0 Å². The Hall–Kier alpha value is -3.39. The van der Waals surface area contributed by atoms with Crippen LogP contribution in [-0.4, -0.2) is 110 Å². The number of ether oxygens (including phenoxy) is 1. The SMILES string of the molecule is C[C@H]1c2cccc(O)c2C(O)=C2C(=O)[C@]3(O)C(O)=C(C(N)=O)C(=O)[C@@H](N(C)C)[C@]3(C)[C@@H](OC(=O)CCN3CCSC3)[C@@H]21. The number of phenols is 1. The standard InChI is InChI=1S/C29H35N3O9S/c1-13-14-6-5-7-15(33)18(14)21(35)19-17(13)26(41-16(34)8-9-32-10-11-42-12-32)28(2)23(31(3)4)22(36)20(27(30)39)25(38)29(28,40)24(19)37/h5-7,13,17,23,26,33,35,38,40H,8-12H2,1-4H3,(H2,30,39)/t13-,17+,23+,26-,28+,29-/m0/s1. The topological polar surface area (TPSA) is 191 Å². The smallest absolute Gasteiger partial charge is 0.307 e. The highest BCUT2D eigenvalue weighted by molar-refractivity contribution is 7.99. The van der Waals surface area contributed by atoms with Crippen LogP contribution in [0.1, 0.15) is 37.3 Å². The van der Waals surface area contributed by atoms with Gasteiger partial charge in [-0.1, -0.05) is 26.0 Å². The fourth-order valence-electron chi connectivity index (χ4n) is 7.33. The van der Waals surface area contributed by atoms with Crippen molar-refractivity contribution in [3.05, 3.63) is 46.2 Å². The zero-order valence-corrected chi connectivity index (χ0v) is 24.6. The van der Waals surface area contributed by atoms with E-state index in [1.165, 1.54) is 32.0 Å². The number of hydrogen-bond donors (Lipinski definition) is 5. The number of nitrogens with zero attached hydrogens (tertiary/aromatic N) is 2. The summed E-state index contributed by atoms with van der Waals surface area (Å²) in [7, 11) is 2.98. The third kappa shape index (κ3) is 4.01. The normalized spacial score (nSPS) is 33.0. The molecule has 6 atom stereocenters. The number of likely N-dealkylation sites (N-methyl/N-ethyl adjacent to an activating group) is 1. The molecule has 0 unspecified atom stereocenters. The second-order valence-corrected chi connectivity index (χ2v) is 12.8. The summed E-state index contributed by atoms with van der Waals surface area (Å²) in [5.41, 5.74) is -0.545. The molecular weight excluding hydrogens is 566 g/mol. The Morgan fingerprint density at radius 2 is 1.90 bits per heavy atom. The maximum absolute atomic E-state index is 14.4. The lowest BCUT2D eigenvalue weighted by Crippen LogP contribution is -2.77. The number of carbonyl (C=O) groups excluding carboxylic acids is 4. The number of amides is 1. The van der Waals surface area contributed by atoms with Crippen molar-refractivity contribution < 1.29 is 44.3 Å². The number of Topliss-reactive ketones (excluding diaryl/α,β-unsaturated/α-hetero) is 2. The van der Waals surface area contributed by atoms with Crippen molar-refractivity contribution in [1.82, 2.24) is 9.80 Å². The molecule has 1 saturated carbocycles. The van der Waals surface area contributed by atoms with Crippen LogP contribution in [0, 0.1) is 11.3 Å². The van der Waals surface area contributed by atoms with Crippen LogP contribution in [0.4, 0.5) is 0 Å². The highest BCUT2D eigenvalue weighted by Gasteiger charge is 2.76. The Morgan fingerprint density at radius 1 is 1.21 bits per heavy atom. The van der Waals surface area contributed by atoms with Crippen LogP contribution in [0.3, 0.4) is 0 Å². The molecule has 1 aromatic rings. The molecule has 5 rings (SSSR count). The van der Waals surface area contributed by atoms with Gasteiger partial charge < -0.3 is 30.9 Å². The van der Waals surface area contributed by atoms with Gasteiger partial charge in [0.15, 0.2) is 11.4 Å². The third-order valence-electron chi connectivity index (χ3n) is 9.32. The average molecular weight is 602 g/mol. The maximum atomic E-state index is 14.4. The molecule has 1 aliphatic heterocycles. The largest absolute Gasteiger partial charge is 0.508 e. The number of hydrogen-bond acceptors (Lipinski definition) is 12. The highest BCUT2D eigenvalue weighted by Crippen LogP contribution is 2.62. The molecule has 12 nitrogen and oxygen atoms in total. The van der Waals surface area contributed by atoms with Crippen LogP contribution in [0.25, 0.3) is 5.76 Å². The first-order valence-electron chi connectivity index (χ1n) is 13.7. The number of primary amides is 1. The number of ketones is 2. The van der Waals surface area contributed by atoms with Crippen LogP contribution in [0.2, 0.25) is 0 Å². The number of rotatable bonds is 6. The first-order valence-corrected chi connectivity index (χ1v) is 14.8. The van der Waals surface area contributed by atoms with Crippen molar-refractivity contribution in [2.24, 2.45) is 17.1 Å². The first-order chi connectivity index (χ1) is 19.7. The van der Waals surface area contributed by atoms with E-state index in [4.69, 9.17) is 10.5 Å². The summed E-state index contributed by atoms with van der Waals surface area (Å²) >= 11 is 1.74. The van der Waals surface area contributed by atoms with E-state index in [-0.39, 0.29) is 17.7 Å². The molecule has 1 aromatic carbocycles. The minimum Gasteiger partial charge on any atom is -0.508 e. The molecule has 0 bridgehead atoms. The number of carbonyl (C=O) groups is 4. The number of phenolic OH excluding ortho intramolecular Hbond substituents is 1. The van der Waals surface area contributed by atoms with Gasteiger partial charge in [0.25, 0.3) is 5.91 Å². The van der Waals surface area contributed by atoms with Gasteiger partial charge in [-0.3, -0.25) is 29.0 Å². The Kier molecular flexibility index (Phi) is 7.45. The van der Waals surface area contributed by atoms with Crippen molar-refractivity contribution >= 4 is 41.0 Å². The lowest BCUT2D eigenvalue weighted by Gasteiger charge is -2.60. The van der Waals surface area contributed by atoms with E-state index in [2.05, 4.69) is 4.90 Å². The van der Waals surface area contributed by atoms with E-state index in [1.807, 2.05) is 0 Å². The van der Waals surface area contributed by atoms with Crippen molar-refractivity contribution in [3.8, 4) is 5.75 Å². The Labute approximate surface area is 246 Å².